The second kappa shape index (κ2) is 8.63. The van der Waals surface area contributed by atoms with Crippen LogP contribution in [0.1, 0.15) is 47.8 Å². The first-order chi connectivity index (χ1) is 10.3. The Morgan fingerprint density at radius 1 is 1.10 bits per heavy atom. The van der Waals surface area contributed by atoms with Crippen molar-refractivity contribution in [2.45, 2.75) is 39.0 Å². The van der Waals surface area contributed by atoms with E-state index in [1.54, 1.807) is 0 Å². The summed E-state index contributed by atoms with van der Waals surface area (Å²) >= 11 is 1.54. The van der Waals surface area contributed by atoms with E-state index in [9.17, 15) is 4.79 Å². The predicted octanol–water partition coefficient (Wildman–Crippen LogP) is 5.17. The molecule has 1 N–H and O–H groups in total. The number of thiophene rings is 1. The van der Waals surface area contributed by atoms with Gasteiger partial charge in [0.2, 0.25) is 0 Å². The van der Waals surface area contributed by atoms with E-state index in [0.29, 0.717) is 6.42 Å². The average molecular weight is 301 g/mol. The summed E-state index contributed by atoms with van der Waals surface area (Å²) in [5, 5.41) is 5.46. The Kier molecular flexibility index (Phi) is 6.48. The summed E-state index contributed by atoms with van der Waals surface area (Å²) in [6, 6.07) is 12.3. The maximum atomic E-state index is 11.8. The van der Waals surface area contributed by atoms with Crippen LogP contribution in [0.3, 0.4) is 0 Å². The molecule has 0 spiro atoms. The number of unbranched alkanes of at least 4 members (excludes halogenated alkanes) is 2. The Morgan fingerprint density at radius 2 is 1.95 bits per heavy atom. The third-order valence-corrected chi connectivity index (χ3v) is 4.50. The normalized spacial score (nSPS) is 10.5. The predicted molar refractivity (Wildman–Crippen MR) is 91.4 cm³/mol. The molecule has 21 heavy (non-hydrogen) atoms. The van der Waals surface area contributed by atoms with E-state index in [-0.39, 0.29) is 5.78 Å². The zero-order valence-corrected chi connectivity index (χ0v) is 13.4. The number of anilines is 1. The first-order valence-electron chi connectivity index (χ1n) is 7.69. The number of hydrogen-bond donors (Lipinski definition) is 1. The number of carbonyl (C=O) groups is 1. The molecule has 0 aliphatic rings. The van der Waals surface area contributed by atoms with Crippen molar-refractivity contribution in [3.8, 4) is 0 Å². The second-order valence-corrected chi connectivity index (χ2v) is 6.10. The Balaban J connectivity index is 1.61. The number of nitrogens with one attached hydrogen (secondary N) is 1. The number of Topliss-reactive ketones (excluding diaryl/α,β-unsaturated/α-hetero) is 1. The van der Waals surface area contributed by atoms with Gasteiger partial charge in [0.1, 0.15) is 0 Å². The van der Waals surface area contributed by atoms with E-state index < -0.39 is 0 Å². The van der Waals surface area contributed by atoms with Crippen molar-refractivity contribution in [2.75, 3.05) is 11.9 Å². The van der Waals surface area contributed by atoms with E-state index in [1.807, 2.05) is 17.5 Å². The van der Waals surface area contributed by atoms with E-state index in [1.165, 1.54) is 22.6 Å². The number of ketones is 1. The Hall–Kier alpha value is -1.61. The molecule has 1 heterocycles. The number of carbonyl (C=O) groups excluding carboxylic acids is 1. The number of aryl methyl sites for hydroxylation is 1. The van der Waals surface area contributed by atoms with Crippen molar-refractivity contribution in [3.05, 3.63) is 52.2 Å². The van der Waals surface area contributed by atoms with Crippen LogP contribution in [0.5, 0.6) is 0 Å². The largest absolute Gasteiger partial charge is 0.385 e. The van der Waals surface area contributed by atoms with Gasteiger partial charge in [-0.25, -0.2) is 0 Å². The quantitative estimate of drug-likeness (QED) is 0.511. The summed E-state index contributed by atoms with van der Waals surface area (Å²) in [7, 11) is 0. The van der Waals surface area contributed by atoms with E-state index >= 15 is 0 Å². The van der Waals surface area contributed by atoms with Gasteiger partial charge in [-0.05, 0) is 42.3 Å². The Labute approximate surface area is 131 Å². The van der Waals surface area contributed by atoms with Crippen molar-refractivity contribution in [3.63, 3.8) is 0 Å². The lowest BCUT2D eigenvalue weighted by atomic mass is 10.1. The van der Waals surface area contributed by atoms with Crippen molar-refractivity contribution in [1.29, 1.82) is 0 Å². The standard InChI is InChI=1S/C18H23NOS/c1-2-15-9-5-6-10-16(15)19-13-7-3-4-11-17(20)18-12-8-14-21-18/h5-6,8-10,12,14,19H,2-4,7,11,13H2,1H3. The Morgan fingerprint density at radius 3 is 2.71 bits per heavy atom. The van der Waals surface area contributed by atoms with Gasteiger partial charge in [0.05, 0.1) is 4.88 Å². The van der Waals surface area contributed by atoms with Gasteiger partial charge >= 0.3 is 0 Å². The molecule has 0 saturated heterocycles. The zero-order valence-electron chi connectivity index (χ0n) is 12.6. The highest BCUT2D eigenvalue weighted by molar-refractivity contribution is 7.12. The van der Waals surface area contributed by atoms with Gasteiger partial charge in [0.15, 0.2) is 5.78 Å². The molecule has 112 valence electrons. The lowest BCUT2D eigenvalue weighted by molar-refractivity contribution is 0.0983. The summed E-state index contributed by atoms with van der Waals surface area (Å²) in [6.07, 6.45) is 4.91. The van der Waals surface area contributed by atoms with E-state index in [2.05, 4.69) is 36.5 Å². The fourth-order valence-electron chi connectivity index (χ4n) is 2.37. The molecule has 2 aromatic rings. The van der Waals surface area contributed by atoms with Crippen LogP contribution in [0, 0.1) is 0 Å². The summed E-state index contributed by atoms with van der Waals surface area (Å²) in [5.74, 6) is 0.286. The maximum Gasteiger partial charge on any atom is 0.172 e. The van der Waals surface area contributed by atoms with Gasteiger partial charge in [-0.15, -0.1) is 11.3 Å². The zero-order chi connectivity index (χ0) is 14.9. The van der Waals surface area contributed by atoms with Crippen molar-refractivity contribution >= 4 is 22.8 Å². The van der Waals surface area contributed by atoms with Crippen LogP contribution in [-0.2, 0) is 6.42 Å². The molecule has 3 heteroatoms. The van der Waals surface area contributed by atoms with Gasteiger partial charge in [0.25, 0.3) is 0 Å². The first kappa shape index (κ1) is 15.8. The molecule has 0 unspecified atom stereocenters. The van der Waals surface area contributed by atoms with Crippen LogP contribution in [0.4, 0.5) is 5.69 Å². The molecule has 0 saturated carbocycles. The number of hydrogen-bond acceptors (Lipinski definition) is 3. The number of rotatable bonds is 9. The second-order valence-electron chi connectivity index (χ2n) is 5.15. The number of benzene rings is 1. The fraction of sp³-hybridized carbons (Fsp3) is 0.389. The van der Waals surface area contributed by atoms with Gasteiger partial charge in [-0.1, -0.05) is 37.6 Å². The molecule has 1 aromatic carbocycles. The smallest absolute Gasteiger partial charge is 0.172 e. The van der Waals surface area contributed by atoms with E-state index in [0.717, 1.165) is 37.1 Å². The van der Waals surface area contributed by atoms with Gasteiger partial charge in [-0.3, -0.25) is 4.79 Å². The molecule has 0 aliphatic carbocycles. The molecule has 0 fully saturated rings. The van der Waals surface area contributed by atoms with Gasteiger partial charge < -0.3 is 5.32 Å². The molecule has 0 amide bonds. The van der Waals surface area contributed by atoms with Crippen LogP contribution >= 0.6 is 11.3 Å². The number of para-hydroxylation sites is 1. The van der Waals surface area contributed by atoms with E-state index in [4.69, 9.17) is 0 Å². The molecule has 0 atom stereocenters. The molecular formula is C18H23NOS. The van der Waals surface area contributed by atoms with Crippen LogP contribution in [0.15, 0.2) is 41.8 Å². The van der Waals surface area contributed by atoms with Crippen molar-refractivity contribution < 1.29 is 4.79 Å². The highest BCUT2D eigenvalue weighted by Crippen LogP contribution is 2.16. The van der Waals surface area contributed by atoms with Crippen LogP contribution in [-0.4, -0.2) is 12.3 Å². The molecular weight excluding hydrogens is 278 g/mol. The first-order valence-corrected chi connectivity index (χ1v) is 8.57. The molecule has 1 aromatic heterocycles. The van der Waals surface area contributed by atoms with Gasteiger partial charge in [-0.2, -0.15) is 0 Å². The monoisotopic (exact) mass is 301 g/mol. The van der Waals surface area contributed by atoms with Crippen molar-refractivity contribution in [1.82, 2.24) is 0 Å². The summed E-state index contributed by atoms with van der Waals surface area (Å²) in [4.78, 5) is 12.7. The van der Waals surface area contributed by atoms with Crippen molar-refractivity contribution in [2.24, 2.45) is 0 Å². The fourth-order valence-corrected chi connectivity index (χ4v) is 3.07. The minimum absolute atomic E-state index is 0.286. The molecule has 0 radical (unpaired) electrons. The lowest BCUT2D eigenvalue weighted by Gasteiger charge is -2.10. The van der Waals surface area contributed by atoms with Gasteiger partial charge in [0, 0.05) is 18.7 Å². The SMILES string of the molecule is CCc1ccccc1NCCCCCC(=O)c1cccs1. The van der Waals surface area contributed by atoms with Crippen LogP contribution in [0.25, 0.3) is 0 Å². The topological polar surface area (TPSA) is 29.1 Å². The minimum atomic E-state index is 0.286. The molecule has 0 aliphatic heterocycles. The van der Waals surface area contributed by atoms with Crippen LogP contribution < -0.4 is 5.32 Å². The summed E-state index contributed by atoms with van der Waals surface area (Å²) < 4.78 is 0. The molecule has 2 nitrogen and oxygen atoms in total. The maximum absolute atomic E-state index is 11.8. The highest BCUT2D eigenvalue weighted by atomic mass is 32.1. The Bertz CT molecular complexity index is 548. The minimum Gasteiger partial charge on any atom is -0.385 e. The molecule has 0 bridgehead atoms. The summed E-state index contributed by atoms with van der Waals surface area (Å²) in [6.45, 7) is 3.15. The summed E-state index contributed by atoms with van der Waals surface area (Å²) in [5.41, 5.74) is 2.61. The lowest BCUT2D eigenvalue weighted by Crippen LogP contribution is -2.04. The third-order valence-electron chi connectivity index (χ3n) is 3.59. The molecule has 2 rings (SSSR count). The van der Waals surface area contributed by atoms with Crippen LogP contribution in [0.2, 0.25) is 0 Å². The average Bonchev–Trinajstić information content (AvgIpc) is 3.05. The third kappa shape index (κ3) is 5.01. The highest BCUT2D eigenvalue weighted by Gasteiger charge is 2.05.